The minimum Gasteiger partial charge on any atom is -0.299 e. The fraction of sp³-hybridized carbons (Fsp3) is 0.800. The molecule has 0 heterocycles. The molecule has 0 bridgehead atoms. The van der Waals surface area contributed by atoms with Crippen molar-refractivity contribution in [1.29, 1.82) is 0 Å². The second-order valence-corrected chi connectivity index (χ2v) is 7.95. The lowest BCUT2D eigenvalue weighted by Gasteiger charge is -2.27. The van der Waals surface area contributed by atoms with E-state index in [1.165, 1.54) is 18.4 Å². The number of ketones is 2. The van der Waals surface area contributed by atoms with Gasteiger partial charge in [0.15, 0.2) is 5.78 Å². The van der Waals surface area contributed by atoms with Gasteiger partial charge in [-0.15, -0.1) is 0 Å². The summed E-state index contributed by atoms with van der Waals surface area (Å²) in [6, 6.07) is 0. The van der Waals surface area contributed by atoms with E-state index in [1.54, 1.807) is 0 Å². The van der Waals surface area contributed by atoms with Gasteiger partial charge in [-0.3, -0.25) is 9.59 Å². The van der Waals surface area contributed by atoms with Crippen molar-refractivity contribution >= 4 is 11.6 Å². The Morgan fingerprint density at radius 2 is 1.55 bits per heavy atom. The molecule has 2 nitrogen and oxygen atoms in total. The van der Waals surface area contributed by atoms with Crippen molar-refractivity contribution in [3.63, 3.8) is 0 Å². The summed E-state index contributed by atoms with van der Waals surface area (Å²) < 4.78 is 0. The first kappa shape index (κ1) is 19.1. The van der Waals surface area contributed by atoms with Crippen LogP contribution in [0, 0.1) is 23.7 Å². The molecule has 2 fully saturated rings. The predicted molar refractivity (Wildman–Crippen MR) is 92.7 cm³/mol. The number of carbonyl (C=O) groups is 2. The molecule has 0 spiro atoms. The van der Waals surface area contributed by atoms with Gasteiger partial charge in [-0.2, -0.15) is 0 Å². The third-order valence-corrected chi connectivity index (χ3v) is 5.10. The first-order valence-corrected chi connectivity index (χ1v) is 8.94. The zero-order valence-corrected chi connectivity index (χ0v) is 15.4. The predicted octanol–water partition coefficient (Wildman–Crippen LogP) is 5.36. The minimum atomic E-state index is 0.367. The Morgan fingerprint density at radius 1 is 0.955 bits per heavy atom. The summed E-state index contributed by atoms with van der Waals surface area (Å²) in [7, 11) is 0. The van der Waals surface area contributed by atoms with E-state index in [4.69, 9.17) is 0 Å². The highest BCUT2D eigenvalue weighted by atomic mass is 16.1. The van der Waals surface area contributed by atoms with Crippen LogP contribution in [-0.2, 0) is 9.59 Å². The first-order chi connectivity index (χ1) is 10.2. The maximum Gasteiger partial charge on any atom is 0.159 e. The van der Waals surface area contributed by atoms with Gasteiger partial charge in [-0.25, -0.2) is 0 Å². The van der Waals surface area contributed by atoms with E-state index in [1.807, 2.05) is 13.8 Å². The molecule has 0 amide bonds. The summed E-state index contributed by atoms with van der Waals surface area (Å²) in [5, 5.41) is 0. The molecule has 0 N–H and O–H groups in total. The zero-order valence-electron chi connectivity index (χ0n) is 15.4. The van der Waals surface area contributed by atoms with Gasteiger partial charge >= 0.3 is 0 Å². The lowest BCUT2D eigenvalue weighted by Crippen LogP contribution is -2.27. The molecular weight excluding hydrogens is 272 g/mol. The molecule has 0 aromatic heterocycles. The number of carbonyl (C=O) groups excluding carboxylic acids is 2. The van der Waals surface area contributed by atoms with Crippen LogP contribution >= 0.6 is 0 Å². The Hall–Kier alpha value is -0.920. The van der Waals surface area contributed by atoms with Gasteiger partial charge in [-0.1, -0.05) is 33.3 Å². The average molecular weight is 306 g/mol. The molecule has 22 heavy (non-hydrogen) atoms. The van der Waals surface area contributed by atoms with Crippen LogP contribution in [0.15, 0.2) is 11.1 Å². The molecule has 0 aromatic rings. The van der Waals surface area contributed by atoms with Gasteiger partial charge in [0.1, 0.15) is 5.78 Å². The number of allylic oxidation sites excluding steroid dienone is 2. The van der Waals surface area contributed by atoms with Crippen LogP contribution in [0.3, 0.4) is 0 Å². The van der Waals surface area contributed by atoms with Crippen LogP contribution in [0.4, 0.5) is 0 Å². The molecule has 2 aliphatic rings. The van der Waals surface area contributed by atoms with Crippen molar-refractivity contribution in [1.82, 2.24) is 0 Å². The quantitative estimate of drug-likeness (QED) is 0.611. The van der Waals surface area contributed by atoms with Crippen LogP contribution in [0.1, 0.15) is 80.1 Å². The molecule has 0 radical (unpaired) electrons. The first-order valence-electron chi connectivity index (χ1n) is 8.94. The smallest absolute Gasteiger partial charge is 0.159 e. The van der Waals surface area contributed by atoms with Crippen LogP contribution in [0.5, 0.6) is 0 Å². The third-order valence-electron chi connectivity index (χ3n) is 5.10. The van der Waals surface area contributed by atoms with Crippen LogP contribution < -0.4 is 0 Å². The van der Waals surface area contributed by atoms with Crippen LogP contribution in [-0.4, -0.2) is 11.6 Å². The van der Waals surface area contributed by atoms with Gasteiger partial charge in [-0.05, 0) is 62.9 Å². The third kappa shape index (κ3) is 5.70. The molecule has 2 aliphatic carbocycles. The number of hydrogen-bond acceptors (Lipinski definition) is 2. The highest BCUT2D eigenvalue weighted by Crippen LogP contribution is 2.30. The monoisotopic (exact) mass is 306 g/mol. The second-order valence-electron chi connectivity index (χ2n) is 7.95. The maximum atomic E-state index is 11.4. The Labute approximate surface area is 136 Å². The lowest BCUT2D eigenvalue weighted by molar-refractivity contribution is -0.127. The fourth-order valence-corrected chi connectivity index (χ4v) is 3.53. The van der Waals surface area contributed by atoms with Crippen LogP contribution in [0.25, 0.3) is 0 Å². The van der Waals surface area contributed by atoms with Gasteiger partial charge in [0.05, 0.1) is 0 Å². The molecule has 0 unspecified atom stereocenters. The molecule has 0 aromatic carbocycles. The Bertz CT molecular complexity index is 427. The van der Waals surface area contributed by atoms with Gasteiger partial charge < -0.3 is 0 Å². The van der Waals surface area contributed by atoms with Crippen molar-refractivity contribution in [3.8, 4) is 0 Å². The summed E-state index contributed by atoms with van der Waals surface area (Å²) in [4.78, 5) is 22.8. The molecular formula is C20H34O2. The molecule has 2 rings (SSSR count). The number of Topliss-reactive ketones (excluding diaryl/α,β-unsaturated/α-hetero) is 2. The highest BCUT2D eigenvalue weighted by Gasteiger charge is 2.28. The van der Waals surface area contributed by atoms with E-state index in [2.05, 4.69) is 27.7 Å². The van der Waals surface area contributed by atoms with Crippen molar-refractivity contribution in [3.05, 3.63) is 11.1 Å². The molecule has 126 valence electrons. The molecule has 2 saturated carbocycles. The molecule has 0 aliphatic heterocycles. The summed E-state index contributed by atoms with van der Waals surface area (Å²) in [6.07, 6.45) is 6.14. The summed E-state index contributed by atoms with van der Waals surface area (Å²) >= 11 is 0. The largest absolute Gasteiger partial charge is 0.299 e. The Morgan fingerprint density at radius 3 is 2.00 bits per heavy atom. The van der Waals surface area contributed by atoms with E-state index in [9.17, 15) is 9.59 Å². The van der Waals surface area contributed by atoms with Crippen molar-refractivity contribution < 1.29 is 9.59 Å². The SMILES string of the molecule is CC(C)=C1CC[C@@H](C)CC1=O.CC(C)[C@H]1CC[C@H](C)CC1=O. The molecule has 3 atom stereocenters. The summed E-state index contributed by atoms with van der Waals surface area (Å²) in [5.74, 6) is 3.03. The van der Waals surface area contributed by atoms with Gasteiger partial charge in [0.2, 0.25) is 0 Å². The molecule has 0 saturated heterocycles. The normalized spacial score (nSPS) is 29.2. The molecule has 2 heteroatoms. The average Bonchev–Trinajstić information content (AvgIpc) is 2.38. The van der Waals surface area contributed by atoms with Crippen LogP contribution in [0.2, 0.25) is 0 Å². The van der Waals surface area contributed by atoms with E-state index >= 15 is 0 Å². The minimum absolute atomic E-state index is 0.367. The van der Waals surface area contributed by atoms with E-state index in [-0.39, 0.29) is 0 Å². The van der Waals surface area contributed by atoms with E-state index < -0.39 is 0 Å². The topological polar surface area (TPSA) is 34.1 Å². The maximum absolute atomic E-state index is 11.4. The highest BCUT2D eigenvalue weighted by molar-refractivity contribution is 5.96. The number of hydrogen-bond donors (Lipinski definition) is 0. The fourth-order valence-electron chi connectivity index (χ4n) is 3.53. The lowest BCUT2D eigenvalue weighted by atomic mass is 9.77. The summed E-state index contributed by atoms with van der Waals surface area (Å²) in [6.45, 7) is 12.7. The van der Waals surface area contributed by atoms with E-state index in [0.717, 1.165) is 31.3 Å². The second kappa shape index (κ2) is 8.64. The van der Waals surface area contributed by atoms with Crippen molar-refractivity contribution in [2.45, 2.75) is 80.1 Å². The van der Waals surface area contributed by atoms with Crippen molar-refractivity contribution in [2.24, 2.45) is 23.7 Å². The zero-order chi connectivity index (χ0) is 16.9. The Kier molecular flexibility index (Phi) is 7.52. The van der Waals surface area contributed by atoms with E-state index in [0.29, 0.717) is 35.2 Å². The standard InChI is InChI=1S/C10H18O.C10H16O/c2*1-7(2)9-5-4-8(3)6-10(9)11/h7-9H,4-6H2,1-3H3;8H,4-6H2,1-3H3/t8-,9+;8-/m01/s1. The summed E-state index contributed by atoms with van der Waals surface area (Å²) in [5.41, 5.74) is 2.30. The Balaban J connectivity index is 0.000000220. The van der Waals surface area contributed by atoms with Gasteiger partial charge in [0.25, 0.3) is 0 Å². The van der Waals surface area contributed by atoms with Crippen molar-refractivity contribution in [2.75, 3.05) is 0 Å². The number of rotatable bonds is 1. The van der Waals surface area contributed by atoms with Gasteiger partial charge in [0, 0.05) is 18.8 Å².